The van der Waals surface area contributed by atoms with E-state index < -0.39 is 5.54 Å². The minimum atomic E-state index is -0.809. The number of piperidine rings is 1. The molecule has 2 aliphatic heterocycles. The fourth-order valence-electron chi connectivity index (χ4n) is 5.43. The number of aromatic hydroxyl groups is 1. The Balaban J connectivity index is 1.31. The van der Waals surface area contributed by atoms with Gasteiger partial charge < -0.3 is 10.0 Å². The van der Waals surface area contributed by atoms with Crippen molar-refractivity contribution >= 4 is 11.9 Å². The number of hydrogen-bond donors (Lipinski definition) is 1. The molecule has 36 heavy (non-hydrogen) atoms. The number of carbonyl (C=O) groups excluding carboxylic acids is 2. The zero-order chi connectivity index (χ0) is 25.0. The molecule has 5 rings (SSSR count). The van der Waals surface area contributed by atoms with E-state index in [4.69, 9.17) is 0 Å². The molecule has 1 aromatic heterocycles. The first kappa shape index (κ1) is 24.0. The summed E-state index contributed by atoms with van der Waals surface area (Å²) in [6.07, 6.45) is 6.26. The summed E-state index contributed by atoms with van der Waals surface area (Å²) in [5.74, 6) is 0.195. The molecule has 186 valence electrons. The van der Waals surface area contributed by atoms with Crippen molar-refractivity contribution in [1.29, 1.82) is 0 Å². The van der Waals surface area contributed by atoms with Crippen molar-refractivity contribution in [3.8, 4) is 5.75 Å². The third kappa shape index (κ3) is 4.97. The zero-order valence-corrected chi connectivity index (χ0v) is 20.4. The smallest absolute Gasteiger partial charge is 0.327 e. The number of benzene rings is 2. The fraction of sp³-hybridized carbons (Fsp3) is 0.345. The molecule has 7 heteroatoms. The normalized spacial score (nSPS) is 17.8. The lowest BCUT2D eigenvalue weighted by Crippen LogP contribution is -2.56. The molecule has 0 saturated carbocycles. The lowest BCUT2D eigenvalue weighted by atomic mass is 9.85. The average molecular weight is 485 g/mol. The van der Waals surface area contributed by atoms with Gasteiger partial charge in [-0.15, -0.1) is 0 Å². The molecule has 1 spiro atoms. The number of rotatable bonds is 8. The Morgan fingerprint density at radius 2 is 1.61 bits per heavy atom. The van der Waals surface area contributed by atoms with Crippen LogP contribution in [0.3, 0.4) is 0 Å². The van der Waals surface area contributed by atoms with E-state index in [0.29, 0.717) is 52.0 Å². The van der Waals surface area contributed by atoms with Crippen LogP contribution in [0.2, 0.25) is 0 Å². The van der Waals surface area contributed by atoms with Crippen molar-refractivity contribution < 1.29 is 14.7 Å². The molecule has 0 aliphatic carbocycles. The van der Waals surface area contributed by atoms with Gasteiger partial charge in [0.2, 0.25) is 0 Å². The molecule has 3 aromatic rings. The van der Waals surface area contributed by atoms with Crippen molar-refractivity contribution in [3.05, 3.63) is 95.8 Å². The second kappa shape index (κ2) is 10.5. The van der Waals surface area contributed by atoms with Crippen LogP contribution < -0.4 is 0 Å². The minimum Gasteiger partial charge on any atom is -0.508 e. The number of urea groups is 1. The lowest BCUT2D eigenvalue weighted by Gasteiger charge is -2.42. The van der Waals surface area contributed by atoms with Crippen molar-refractivity contribution in [2.75, 3.05) is 19.6 Å². The number of imide groups is 1. The molecule has 0 bridgehead atoms. The number of aromatic nitrogens is 1. The number of hydrogen-bond acceptors (Lipinski definition) is 5. The number of phenols is 1. The molecule has 2 aliphatic rings. The van der Waals surface area contributed by atoms with Crippen LogP contribution in [-0.2, 0) is 24.3 Å². The van der Waals surface area contributed by atoms with E-state index in [9.17, 15) is 14.7 Å². The average Bonchev–Trinajstić information content (AvgIpc) is 3.08. The molecular formula is C29H32N4O3. The van der Waals surface area contributed by atoms with E-state index in [-0.39, 0.29) is 17.7 Å². The second-order valence-corrected chi connectivity index (χ2v) is 9.75. The standard InChI is InChI=1S/C29H32N4O3/c34-26-12-4-9-25(19-26)21-31-17-13-29(14-18-31)27(35)32(16-6-11-23-10-5-15-30-20-23)28(36)33(29)22-24-7-2-1-3-8-24/h1-5,7-10,12,15,19-20,34H,6,11,13-14,16-18,21-22H2. The van der Waals surface area contributed by atoms with Crippen LogP contribution in [0.15, 0.2) is 79.1 Å². The molecule has 2 aromatic carbocycles. The van der Waals surface area contributed by atoms with Gasteiger partial charge in [0.25, 0.3) is 5.91 Å². The summed E-state index contributed by atoms with van der Waals surface area (Å²) >= 11 is 0. The predicted octanol–water partition coefficient (Wildman–Crippen LogP) is 4.22. The summed E-state index contributed by atoms with van der Waals surface area (Å²) < 4.78 is 0. The van der Waals surface area contributed by atoms with Gasteiger partial charge in [0.1, 0.15) is 11.3 Å². The molecule has 0 radical (unpaired) electrons. The summed E-state index contributed by atoms with van der Waals surface area (Å²) in [5.41, 5.74) is 2.36. The maximum atomic E-state index is 13.8. The molecule has 3 amide bonds. The van der Waals surface area contributed by atoms with Gasteiger partial charge in [-0.1, -0.05) is 48.5 Å². The first-order chi connectivity index (χ1) is 17.5. The van der Waals surface area contributed by atoms with Crippen LogP contribution in [0, 0.1) is 0 Å². The topological polar surface area (TPSA) is 77.0 Å². The van der Waals surface area contributed by atoms with Gasteiger partial charge in [0, 0.05) is 45.1 Å². The Morgan fingerprint density at radius 3 is 2.33 bits per heavy atom. The molecular weight excluding hydrogens is 452 g/mol. The summed E-state index contributed by atoms with van der Waals surface area (Å²) in [4.78, 5) is 37.2. The Kier molecular flexibility index (Phi) is 7.00. The molecule has 7 nitrogen and oxygen atoms in total. The van der Waals surface area contributed by atoms with Gasteiger partial charge in [-0.25, -0.2) is 4.79 Å². The largest absolute Gasteiger partial charge is 0.508 e. The summed E-state index contributed by atoms with van der Waals surface area (Å²) in [6, 6.07) is 20.9. The second-order valence-electron chi connectivity index (χ2n) is 9.75. The van der Waals surface area contributed by atoms with Gasteiger partial charge >= 0.3 is 6.03 Å². The third-order valence-corrected chi connectivity index (χ3v) is 7.38. The number of phenolic OH excluding ortho intramolecular Hbond substituents is 1. The number of nitrogens with zero attached hydrogens (tertiary/aromatic N) is 4. The predicted molar refractivity (Wildman–Crippen MR) is 137 cm³/mol. The van der Waals surface area contributed by atoms with Crippen LogP contribution in [0.25, 0.3) is 0 Å². The number of amides is 3. The van der Waals surface area contributed by atoms with E-state index >= 15 is 0 Å². The van der Waals surface area contributed by atoms with E-state index in [1.165, 1.54) is 4.90 Å². The van der Waals surface area contributed by atoms with E-state index in [0.717, 1.165) is 23.1 Å². The number of carbonyl (C=O) groups is 2. The summed E-state index contributed by atoms with van der Waals surface area (Å²) in [7, 11) is 0. The van der Waals surface area contributed by atoms with Gasteiger partial charge in [-0.05, 0) is 60.6 Å². The number of likely N-dealkylation sites (tertiary alicyclic amines) is 1. The maximum absolute atomic E-state index is 13.8. The van der Waals surface area contributed by atoms with Gasteiger partial charge in [0.05, 0.1) is 0 Å². The summed E-state index contributed by atoms with van der Waals surface area (Å²) in [6.45, 7) is 2.97. The Labute approximate surface area is 212 Å². The van der Waals surface area contributed by atoms with Crippen LogP contribution in [-0.4, -0.2) is 61.9 Å². The SMILES string of the molecule is O=C1N(CCCc2cccnc2)C(=O)C2(CCN(Cc3cccc(O)c3)CC2)N1Cc1ccccc1. The summed E-state index contributed by atoms with van der Waals surface area (Å²) in [5, 5.41) is 9.81. The van der Waals surface area contributed by atoms with E-state index in [1.54, 1.807) is 18.3 Å². The van der Waals surface area contributed by atoms with E-state index in [1.807, 2.05) is 65.7 Å². The third-order valence-electron chi connectivity index (χ3n) is 7.38. The van der Waals surface area contributed by atoms with Gasteiger partial charge in [-0.3, -0.25) is 19.6 Å². The highest BCUT2D eigenvalue weighted by atomic mass is 16.3. The maximum Gasteiger partial charge on any atom is 0.327 e. The monoisotopic (exact) mass is 484 g/mol. The van der Waals surface area contributed by atoms with Crippen molar-refractivity contribution in [1.82, 2.24) is 19.7 Å². The first-order valence-corrected chi connectivity index (χ1v) is 12.6. The van der Waals surface area contributed by atoms with Crippen molar-refractivity contribution in [2.45, 2.75) is 44.3 Å². The minimum absolute atomic E-state index is 0.0633. The zero-order valence-electron chi connectivity index (χ0n) is 20.4. The Morgan fingerprint density at radius 1 is 0.861 bits per heavy atom. The molecule has 1 N–H and O–H groups in total. The van der Waals surface area contributed by atoms with Crippen LogP contribution in [0.4, 0.5) is 4.79 Å². The van der Waals surface area contributed by atoms with Gasteiger partial charge in [0.15, 0.2) is 0 Å². The van der Waals surface area contributed by atoms with Crippen LogP contribution in [0.1, 0.15) is 36.0 Å². The molecule has 0 unspecified atom stereocenters. The first-order valence-electron chi connectivity index (χ1n) is 12.6. The fourth-order valence-corrected chi connectivity index (χ4v) is 5.43. The van der Waals surface area contributed by atoms with Crippen molar-refractivity contribution in [2.24, 2.45) is 0 Å². The molecule has 3 heterocycles. The Bertz CT molecular complexity index is 1190. The highest BCUT2D eigenvalue weighted by Gasteiger charge is 2.57. The lowest BCUT2D eigenvalue weighted by molar-refractivity contribution is -0.136. The van der Waals surface area contributed by atoms with Crippen LogP contribution >= 0.6 is 0 Å². The molecule has 2 fully saturated rings. The quantitative estimate of drug-likeness (QED) is 0.485. The van der Waals surface area contributed by atoms with E-state index in [2.05, 4.69) is 9.88 Å². The molecule has 2 saturated heterocycles. The van der Waals surface area contributed by atoms with Crippen LogP contribution in [0.5, 0.6) is 5.75 Å². The molecule has 0 atom stereocenters. The number of aryl methyl sites for hydroxylation is 1. The highest BCUT2D eigenvalue weighted by Crippen LogP contribution is 2.39. The van der Waals surface area contributed by atoms with Gasteiger partial charge in [-0.2, -0.15) is 0 Å². The van der Waals surface area contributed by atoms with Crippen molar-refractivity contribution in [3.63, 3.8) is 0 Å². The Hall–Kier alpha value is -3.71. The highest BCUT2D eigenvalue weighted by molar-refractivity contribution is 6.07. The number of pyridine rings is 1.